The van der Waals surface area contributed by atoms with Crippen molar-refractivity contribution in [2.24, 2.45) is 11.0 Å². The SMILES string of the molecule is CC(CCC(C)C)=NNC(=O)c1ccc(CN(C)S(=O)(=O)c2ccc(C)cc2)cc1. The van der Waals surface area contributed by atoms with Gasteiger partial charge in [0, 0.05) is 24.9 Å². The third kappa shape index (κ3) is 6.78. The lowest BCUT2D eigenvalue weighted by Gasteiger charge is -2.17. The molecule has 0 fully saturated rings. The molecule has 0 aromatic heterocycles. The van der Waals surface area contributed by atoms with Gasteiger partial charge in [0.2, 0.25) is 10.0 Å². The standard InChI is InChI=1S/C23H31N3O3S/c1-17(2)6-9-19(4)24-25-23(27)21-12-10-20(11-13-21)16-26(5)30(28,29)22-14-7-18(3)8-15-22/h7-8,10-15,17H,6,9,16H2,1-5H3,(H,25,27). The Morgan fingerprint density at radius 1 is 1.07 bits per heavy atom. The van der Waals surface area contributed by atoms with Gasteiger partial charge in [-0.15, -0.1) is 0 Å². The lowest BCUT2D eigenvalue weighted by molar-refractivity contribution is 0.0954. The fourth-order valence-corrected chi connectivity index (χ4v) is 3.92. The maximum absolute atomic E-state index is 12.7. The van der Waals surface area contributed by atoms with E-state index >= 15 is 0 Å². The van der Waals surface area contributed by atoms with E-state index in [0.717, 1.165) is 29.7 Å². The van der Waals surface area contributed by atoms with Crippen molar-refractivity contribution >= 4 is 21.6 Å². The zero-order valence-electron chi connectivity index (χ0n) is 18.3. The molecule has 0 spiro atoms. The van der Waals surface area contributed by atoms with Gasteiger partial charge >= 0.3 is 0 Å². The Labute approximate surface area is 180 Å². The quantitative estimate of drug-likeness (QED) is 0.475. The molecule has 1 amide bonds. The lowest BCUT2D eigenvalue weighted by Crippen LogP contribution is -2.26. The van der Waals surface area contributed by atoms with Crippen LogP contribution in [0.1, 0.15) is 55.1 Å². The molecule has 0 radical (unpaired) electrons. The molecule has 0 aliphatic carbocycles. The van der Waals surface area contributed by atoms with Gasteiger partial charge in [0.05, 0.1) is 4.90 Å². The van der Waals surface area contributed by atoms with E-state index < -0.39 is 10.0 Å². The van der Waals surface area contributed by atoms with Crippen molar-refractivity contribution in [3.8, 4) is 0 Å². The molecule has 0 bridgehead atoms. The van der Waals surface area contributed by atoms with Crippen LogP contribution in [0.5, 0.6) is 0 Å². The van der Waals surface area contributed by atoms with Crippen molar-refractivity contribution in [2.45, 2.75) is 52.0 Å². The maximum atomic E-state index is 12.7. The van der Waals surface area contributed by atoms with Gasteiger partial charge < -0.3 is 0 Å². The van der Waals surface area contributed by atoms with E-state index in [1.807, 2.05) is 13.8 Å². The van der Waals surface area contributed by atoms with Crippen molar-refractivity contribution in [3.05, 3.63) is 65.2 Å². The van der Waals surface area contributed by atoms with Gasteiger partial charge in [-0.25, -0.2) is 13.8 Å². The first-order valence-corrected chi connectivity index (χ1v) is 11.5. The molecule has 6 nitrogen and oxygen atoms in total. The summed E-state index contributed by atoms with van der Waals surface area (Å²) in [6.07, 6.45) is 1.87. The number of nitrogens with zero attached hydrogens (tertiary/aromatic N) is 2. The van der Waals surface area contributed by atoms with Crippen molar-refractivity contribution in [1.82, 2.24) is 9.73 Å². The molecule has 2 aromatic rings. The molecule has 0 aliphatic heterocycles. The van der Waals surface area contributed by atoms with Crippen molar-refractivity contribution < 1.29 is 13.2 Å². The number of sulfonamides is 1. The van der Waals surface area contributed by atoms with Gasteiger partial charge in [0.1, 0.15) is 0 Å². The highest BCUT2D eigenvalue weighted by Gasteiger charge is 2.20. The third-order valence-electron chi connectivity index (χ3n) is 4.78. The molecule has 0 unspecified atom stereocenters. The van der Waals surface area contributed by atoms with Crippen LogP contribution in [0.4, 0.5) is 0 Å². The molecular formula is C23H31N3O3S. The molecule has 7 heteroatoms. The van der Waals surface area contributed by atoms with E-state index in [9.17, 15) is 13.2 Å². The zero-order valence-corrected chi connectivity index (χ0v) is 19.2. The fraction of sp³-hybridized carbons (Fsp3) is 0.391. The number of amides is 1. The van der Waals surface area contributed by atoms with Crippen LogP contribution in [-0.4, -0.2) is 31.4 Å². The summed E-state index contributed by atoms with van der Waals surface area (Å²) in [6, 6.07) is 13.6. The molecule has 162 valence electrons. The molecule has 0 saturated carbocycles. The van der Waals surface area contributed by atoms with Gasteiger partial charge in [-0.05, 0) is 62.4 Å². The van der Waals surface area contributed by atoms with Crippen LogP contribution in [0.15, 0.2) is 58.5 Å². The Bertz CT molecular complexity index is 979. The fourth-order valence-electron chi connectivity index (χ4n) is 2.76. The number of benzene rings is 2. The van der Waals surface area contributed by atoms with Gasteiger partial charge in [-0.1, -0.05) is 43.7 Å². The second kappa shape index (κ2) is 10.5. The minimum absolute atomic E-state index is 0.213. The first-order valence-electron chi connectivity index (χ1n) is 10.0. The van der Waals surface area contributed by atoms with E-state index in [1.165, 1.54) is 4.31 Å². The molecule has 30 heavy (non-hydrogen) atoms. The highest BCUT2D eigenvalue weighted by Crippen LogP contribution is 2.17. The van der Waals surface area contributed by atoms with Crippen molar-refractivity contribution in [2.75, 3.05) is 7.05 Å². The van der Waals surface area contributed by atoms with Crippen LogP contribution >= 0.6 is 0 Å². The molecule has 2 aromatic carbocycles. The third-order valence-corrected chi connectivity index (χ3v) is 6.60. The number of nitrogens with one attached hydrogen (secondary N) is 1. The van der Waals surface area contributed by atoms with Crippen LogP contribution in [0.25, 0.3) is 0 Å². The first-order chi connectivity index (χ1) is 14.1. The molecular weight excluding hydrogens is 398 g/mol. The summed E-state index contributed by atoms with van der Waals surface area (Å²) < 4.78 is 26.7. The summed E-state index contributed by atoms with van der Waals surface area (Å²) in [6.45, 7) is 8.32. The van der Waals surface area contributed by atoms with Crippen LogP contribution in [0.2, 0.25) is 0 Å². The minimum atomic E-state index is -3.57. The van der Waals surface area contributed by atoms with Gasteiger partial charge in [0.15, 0.2) is 0 Å². The van der Waals surface area contributed by atoms with Crippen LogP contribution in [-0.2, 0) is 16.6 Å². The summed E-state index contributed by atoms with van der Waals surface area (Å²) in [5.74, 6) is 0.303. The van der Waals surface area contributed by atoms with Crippen LogP contribution in [0.3, 0.4) is 0 Å². The molecule has 2 rings (SSSR count). The second-order valence-electron chi connectivity index (χ2n) is 7.99. The summed E-state index contributed by atoms with van der Waals surface area (Å²) >= 11 is 0. The summed E-state index contributed by atoms with van der Waals surface area (Å²) in [5.41, 5.74) is 5.73. The Hall–Kier alpha value is -2.51. The largest absolute Gasteiger partial charge is 0.271 e. The number of rotatable bonds is 9. The highest BCUT2D eigenvalue weighted by atomic mass is 32.2. The van der Waals surface area contributed by atoms with E-state index in [0.29, 0.717) is 11.5 Å². The van der Waals surface area contributed by atoms with Crippen molar-refractivity contribution in [1.29, 1.82) is 0 Å². The molecule has 0 aliphatic rings. The zero-order chi connectivity index (χ0) is 22.3. The Morgan fingerprint density at radius 3 is 2.23 bits per heavy atom. The first kappa shape index (κ1) is 23.8. The summed E-state index contributed by atoms with van der Waals surface area (Å²) in [5, 5.41) is 4.14. The predicted molar refractivity (Wildman–Crippen MR) is 121 cm³/mol. The minimum Gasteiger partial charge on any atom is -0.267 e. The predicted octanol–water partition coefficient (Wildman–Crippen LogP) is 4.36. The maximum Gasteiger partial charge on any atom is 0.271 e. The van der Waals surface area contributed by atoms with E-state index in [-0.39, 0.29) is 17.3 Å². The van der Waals surface area contributed by atoms with E-state index in [4.69, 9.17) is 0 Å². The van der Waals surface area contributed by atoms with Gasteiger partial charge in [-0.3, -0.25) is 4.79 Å². The summed E-state index contributed by atoms with van der Waals surface area (Å²) in [4.78, 5) is 12.5. The molecule has 0 atom stereocenters. The highest BCUT2D eigenvalue weighted by molar-refractivity contribution is 7.89. The average Bonchev–Trinajstić information content (AvgIpc) is 2.71. The number of carbonyl (C=O) groups excluding carboxylic acids is 1. The topological polar surface area (TPSA) is 78.8 Å². The molecule has 0 heterocycles. The lowest BCUT2D eigenvalue weighted by atomic mass is 10.1. The van der Waals surface area contributed by atoms with Crippen LogP contribution in [0, 0.1) is 12.8 Å². The molecule has 0 saturated heterocycles. The van der Waals surface area contributed by atoms with Crippen molar-refractivity contribution in [3.63, 3.8) is 0 Å². The smallest absolute Gasteiger partial charge is 0.267 e. The summed E-state index contributed by atoms with van der Waals surface area (Å²) in [7, 11) is -2.03. The second-order valence-corrected chi connectivity index (χ2v) is 10.0. The average molecular weight is 430 g/mol. The number of hydrogen-bond donors (Lipinski definition) is 1. The number of carbonyl (C=O) groups is 1. The normalized spacial score (nSPS) is 12.4. The Morgan fingerprint density at radius 2 is 1.67 bits per heavy atom. The number of aryl methyl sites for hydroxylation is 1. The Kier molecular flexibility index (Phi) is 8.32. The van der Waals surface area contributed by atoms with E-state index in [2.05, 4.69) is 24.4 Å². The van der Waals surface area contributed by atoms with Crippen LogP contribution < -0.4 is 5.43 Å². The molecule has 1 N–H and O–H groups in total. The number of hydrazone groups is 1. The Balaban J connectivity index is 1.99. The van der Waals surface area contributed by atoms with E-state index in [1.54, 1.807) is 55.6 Å². The van der Waals surface area contributed by atoms with Gasteiger partial charge in [0.25, 0.3) is 5.91 Å². The monoisotopic (exact) mass is 429 g/mol. The van der Waals surface area contributed by atoms with Gasteiger partial charge in [-0.2, -0.15) is 9.41 Å². The number of hydrogen-bond acceptors (Lipinski definition) is 4.